The summed E-state index contributed by atoms with van der Waals surface area (Å²) < 4.78 is 11.3. The van der Waals surface area contributed by atoms with Gasteiger partial charge in [-0.1, -0.05) is 13.8 Å². The lowest BCUT2D eigenvalue weighted by atomic mass is 9.92. The molecule has 0 radical (unpaired) electrons. The second kappa shape index (κ2) is 9.38. The van der Waals surface area contributed by atoms with Crippen LogP contribution in [0.2, 0.25) is 0 Å². The first-order valence-electron chi connectivity index (χ1n) is 9.70. The quantitative estimate of drug-likeness (QED) is 0.764. The van der Waals surface area contributed by atoms with Gasteiger partial charge in [-0.25, -0.2) is 0 Å². The van der Waals surface area contributed by atoms with E-state index in [4.69, 9.17) is 9.47 Å². The van der Waals surface area contributed by atoms with Crippen LogP contribution in [0.15, 0.2) is 24.3 Å². The van der Waals surface area contributed by atoms with Crippen molar-refractivity contribution in [1.82, 2.24) is 4.90 Å². The number of carbonyl (C=O) groups excluding carboxylic acids is 1. The van der Waals surface area contributed by atoms with E-state index in [0.717, 1.165) is 42.9 Å². The molecule has 0 aromatic heterocycles. The minimum absolute atomic E-state index is 0.152. The van der Waals surface area contributed by atoms with Gasteiger partial charge in [-0.3, -0.25) is 9.69 Å². The molecule has 1 amide bonds. The van der Waals surface area contributed by atoms with Crippen molar-refractivity contribution >= 4 is 11.6 Å². The summed E-state index contributed by atoms with van der Waals surface area (Å²) in [5, 5.41) is 2.88. The molecule has 26 heavy (non-hydrogen) atoms. The summed E-state index contributed by atoms with van der Waals surface area (Å²) in [7, 11) is 0. The van der Waals surface area contributed by atoms with E-state index < -0.39 is 5.60 Å². The van der Waals surface area contributed by atoms with Gasteiger partial charge < -0.3 is 14.8 Å². The maximum absolute atomic E-state index is 12.2. The molecule has 0 saturated carbocycles. The van der Waals surface area contributed by atoms with E-state index in [1.54, 1.807) is 13.8 Å². The van der Waals surface area contributed by atoms with E-state index in [0.29, 0.717) is 13.2 Å². The third-order valence-electron chi connectivity index (χ3n) is 4.78. The van der Waals surface area contributed by atoms with Gasteiger partial charge in [0.2, 0.25) is 0 Å². The molecule has 1 N–H and O–H groups in total. The topological polar surface area (TPSA) is 50.8 Å². The summed E-state index contributed by atoms with van der Waals surface area (Å²) in [6, 6.07) is 7.51. The van der Waals surface area contributed by atoms with Crippen molar-refractivity contribution < 1.29 is 14.3 Å². The van der Waals surface area contributed by atoms with Gasteiger partial charge in [0, 0.05) is 31.9 Å². The summed E-state index contributed by atoms with van der Waals surface area (Å²) in [4.78, 5) is 14.7. The van der Waals surface area contributed by atoms with Crippen molar-refractivity contribution in [1.29, 1.82) is 0 Å². The van der Waals surface area contributed by atoms with Gasteiger partial charge >= 0.3 is 0 Å². The second-order valence-electron chi connectivity index (χ2n) is 7.98. The molecule has 0 bridgehead atoms. The minimum atomic E-state index is -0.841. The maximum Gasteiger partial charge on any atom is 0.256 e. The highest BCUT2D eigenvalue weighted by Crippen LogP contribution is 2.21. The molecule has 146 valence electrons. The van der Waals surface area contributed by atoms with E-state index in [1.165, 1.54) is 6.42 Å². The molecule has 0 unspecified atom stereocenters. The SMILES string of the molecule is CCOC(C)(C)C(=O)Nc1ccc(OCCN2C[C@@H](C)C[C@H](C)C2)cc1. The van der Waals surface area contributed by atoms with Crippen LogP contribution < -0.4 is 10.1 Å². The zero-order valence-electron chi connectivity index (χ0n) is 16.9. The lowest BCUT2D eigenvalue weighted by Crippen LogP contribution is -2.40. The molecule has 1 saturated heterocycles. The Bertz CT molecular complexity index is 561. The van der Waals surface area contributed by atoms with E-state index in [2.05, 4.69) is 24.1 Å². The Labute approximate surface area is 158 Å². The van der Waals surface area contributed by atoms with Crippen molar-refractivity contribution in [3.63, 3.8) is 0 Å². The Morgan fingerprint density at radius 3 is 2.38 bits per heavy atom. The van der Waals surface area contributed by atoms with E-state index in [-0.39, 0.29) is 5.91 Å². The summed E-state index contributed by atoms with van der Waals surface area (Å²) in [5.74, 6) is 2.21. The zero-order chi connectivity index (χ0) is 19.2. The molecule has 1 aliphatic rings. The van der Waals surface area contributed by atoms with E-state index >= 15 is 0 Å². The molecule has 0 spiro atoms. The van der Waals surface area contributed by atoms with Crippen molar-refractivity contribution in [3.8, 4) is 5.75 Å². The fourth-order valence-corrected chi connectivity index (χ4v) is 3.61. The molecular weight excluding hydrogens is 328 g/mol. The van der Waals surface area contributed by atoms with Crippen molar-refractivity contribution in [2.75, 3.05) is 38.2 Å². The molecule has 1 aromatic rings. The Balaban J connectivity index is 1.78. The van der Waals surface area contributed by atoms with Crippen molar-refractivity contribution in [2.24, 2.45) is 11.8 Å². The highest BCUT2D eigenvalue weighted by molar-refractivity contribution is 5.96. The lowest BCUT2D eigenvalue weighted by molar-refractivity contribution is -0.136. The van der Waals surface area contributed by atoms with Crippen LogP contribution in [-0.4, -0.2) is 49.3 Å². The normalized spacial score (nSPS) is 21.4. The Hall–Kier alpha value is -1.59. The minimum Gasteiger partial charge on any atom is -0.492 e. The first kappa shape index (κ1) is 20.7. The number of benzene rings is 1. The molecule has 2 rings (SSSR count). The van der Waals surface area contributed by atoms with Crippen LogP contribution in [0.5, 0.6) is 5.75 Å². The Morgan fingerprint density at radius 1 is 1.19 bits per heavy atom. The molecule has 1 heterocycles. The van der Waals surface area contributed by atoms with Crippen LogP contribution >= 0.6 is 0 Å². The lowest BCUT2D eigenvalue weighted by Gasteiger charge is -2.34. The Kier molecular flexibility index (Phi) is 7.47. The number of carbonyl (C=O) groups is 1. The van der Waals surface area contributed by atoms with Gasteiger partial charge in [-0.05, 0) is 63.3 Å². The van der Waals surface area contributed by atoms with Gasteiger partial charge in [-0.2, -0.15) is 0 Å². The smallest absolute Gasteiger partial charge is 0.256 e. The summed E-state index contributed by atoms with van der Waals surface area (Å²) in [6.45, 7) is 14.5. The van der Waals surface area contributed by atoms with Crippen LogP contribution in [0.4, 0.5) is 5.69 Å². The second-order valence-corrected chi connectivity index (χ2v) is 7.98. The van der Waals surface area contributed by atoms with Crippen molar-refractivity contribution in [2.45, 2.75) is 46.6 Å². The number of nitrogens with one attached hydrogen (secondary N) is 1. The van der Waals surface area contributed by atoms with Gasteiger partial charge in [0.05, 0.1) is 0 Å². The molecular formula is C21H34N2O3. The van der Waals surface area contributed by atoms with Crippen molar-refractivity contribution in [3.05, 3.63) is 24.3 Å². The average Bonchev–Trinajstić information content (AvgIpc) is 2.55. The number of rotatable bonds is 8. The number of ether oxygens (including phenoxy) is 2. The summed E-state index contributed by atoms with van der Waals surface area (Å²) in [6.07, 6.45) is 1.32. The largest absolute Gasteiger partial charge is 0.492 e. The third-order valence-corrected chi connectivity index (χ3v) is 4.78. The fraction of sp³-hybridized carbons (Fsp3) is 0.667. The average molecular weight is 363 g/mol. The third kappa shape index (κ3) is 6.29. The number of anilines is 1. The molecule has 1 aliphatic heterocycles. The number of piperidine rings is 1. The molecule has 2 atom stereocenters. The molecule has 5 nitrogen and oxygen atoms in total. The van der Waals surface area contributed by atoms with Crippen LogP contribution in [0.3, 0.4) is 0 Å². The van der Waals surface area contributed by atoms with Crippen LogP contribution in [0.1, 0.15) is 41.0 Å². The Morgan fingerprint density at radius 2 is 1.81 bits per heavy atom. The maximum atomic E-state index is 12.2. The van der Waals surface area contributed by atoms with Crippen LogP contribution in [0, 0.1) is 11.8 Å². The molecule has 5 heteroatoms. The fourth-order valence-electron chi connectivity index (χ4n) is 3.61. The van der Waals surface area contributed by atoms with Crippen LogP contribution in [-0.2, 0) is 9.53 Å². The summed E-state index contributed by atoms with van der Waals surface area (Å²) in [5.41, 5.74) is -0.0964. The van der Waals surface area contributed by atoms with Gasteiger partial charge in [0.15, 0.2) is 0 Å². The first-order chi connectivity index (χ1) is 12.3. The molecule has 1 fully saturated rings. The number of hydrogen-bond acceptors (Lipinski definition) is 4. The van der Waals surface area contributed by atoms with Gasteiger partial charge in [-0.15, -0.1) is 0 Å². The molecule has 0 aliphatic carbocycles. The standard InChI is InChI=1S/C21H34N2O3/c1-6-26-21(4,5)20(24)22-18-7-9-19(10-8-18)25-12-11-23-14-16(2)13-17(3)15-23/h7-10,16-17H,6,11-15H2,1-5H3,(H,22,24)/t16-,17-/m0/s1. The number of likely N-dealkylation sites (tertiary alicyclic amines) is 1. The van der Waals surface area contributed by atoms with E-state index in [1.807, 2.05) is 31.2 Å². The first-order valence-corrected chi connectivity index (χ1v) is 9.70. The number of amides is 1. The highest BCUT2D eigenvalue weighted by atomic mass is 16.5. The predicted octanol–water partition coefficient (Wildman–Crippen LogP) is 3.80. The van der Waals surface area contributed by atoms with E-state index in [9.17, 15) is 4.79 Å². The summed E-state index contributed by atoms with van der Waals surface area (Å²) >= 11 is 0. The highest BCUT2D eigenvalue weighted by Gasteiger charge is 2.27. The zero-order valence-corrected chi connectivity index (χ0v) is 16.9. The predicted molar refractivity (Wildman–Crippen MR) is 106 cm³/mol. The monoisotopic (exact) mass is 362 g/mol. The number of nitrogens with zero attached hydrogens (tertiary/aromatic N) is 1. The van der Waals surface area contributed by atoms with Gasteiger partial charge in [0.1, 0.15) is 18.0 Å². The number of hydrogen-bond donors (Lipinski definition) is 1. The van der Waals surface area contributed by atoms with Gasteiger partial charge in [0.25, 0.3) is 5.91 Å². The molecule has 1 aromatic carbocycles. The van der Waals surface area contributed by atoms with Crippen LogP contribution in [0.25, 0.3) is 0 Å².